The molecule has 0 bridgehead atoms. The van der Waals surface area contributed by atoms with Gasteiger partial charge < -0.3 is 4.74 Å². The van der Waals surface area contributed by atoms with Crippen LogP contribution in [0.4, 0.5) is 4.79 Å². The number of ether oxygens (including phenoxy) is 1. The fourth-order valence-electron chi connectivity index (χ4n) is 3.00. The zero-order chi connectivity index (χ0) is 19.6. The topological polar surface area (TPSA) is 66.9 Å². The number of carbonyl (C=O) groups excluding carboxylic acids is 3. The van der Waals surface area contributed by atoms with E-state index in [0.29, 0.717) is 17.9 Å². The number of barbiturate groups is 1. The second-order valence-electron chi connectivity index (χ2n) is 6.47. The molecule has 1 fully saturated rings. The van der Waals surface area contributed by atoms with E-state index in [2.05, 4.69) is 6.92 Å². The van der Waals surface area contributed by atoms with E-state index >= 15 is 0 Å². The van der Waals surface area contributed by atoms with Gasteiger partial charge in [0.15, 0.2) is 0 Å². The molecular weight excluding hydrogens is 344 g/mol. The van der Waals surface area contributed by atoms with Gasteiger partial charge in [-0.3, -0.25) is 19.4 Å². The molecule has 0 aliphatic carbocycles. The fraction of sp³-hybridized carbons (Fsp3) is 0.286. The van der Waals surface area contributed by atoms with Gasteiger partial charge in [-0.2, -0.15) is 0 Å². The maximum Gasteiger partial charge on any atom is 0.333 e. The minimum Gasteiger partial charge on any atom is -0.493 e. The van der Waals surface area contributed by atoms with E-state index in [4.69, 9.17) is 4.74 Å². The highest BCUT2D eigenvalue weighted by molar-refractivity contribution is 6.31. The molecule has 140 valence electrons. The number of benzene rings is 2. The lowest BCUT2D eigenvalue weighted by Crippen LogP contribution is -2.52. The number of nitrogens with zero attached hydrogens (tertiary/aromatic N) is 2. The zero-order valence-electron chi connectivity index (χ0n) is 15.7. The largest absolute Gasteiger partial charge is 0.493 e. The van der Waals surface area contributed by atoms with Gasteiger partial charge in [0, 0.05) is 19.7 Å². The van der Waals surface area contributed by atoms with Gasteiger partial charge in [-0.1, -0.05) is 43.7 Å². The second kappa shape index (κ2) is 7.61. The van der Waals surface area contributed by atoms with Crippen LogP contribution in [0.1, 0.15) is 25.3 Å². The van der Waals surface area contributed by atoms with E-state index in [1.165, 1.54) is 20.2 Å². The van der Waals surface area contributed by atoms with Crippen LogP contribution in [0.3, 0.4) is 0 Å². The van der Waals surface area contributed by atoms with Crippen molar-refractivity contribution in [1.82, 2.24) is 9.80 Å². The van der Waals surface area contributed by atoms with Crippen molar-refractivity contribution in [2.45, 2.75) is 19.8 Å². The monoisotopic (exact) mass is 366 g/mol. The SMILES string of the molecule is CCCCOc1ccc2ccccc2c1C=C1C(=O)N(C)C(=O)N(C)C1=O. The molecule has 0 atom stereocenters. The van der Waals surface area contributed by atoms with Crippen LogP contribution in [-0.2, 0) is 9.59 Å². The summed E-state index contributed by atoms with van der Waals surface area (Å²) in [5.41, 5.74) is 0.605. The van der Waals surface area contributed by atoms with Gasteiger partial charge in [0.05, 0.1) is 6.61 Å². The van der Waals surface area contributed by atoms with Gasteiger partial charge in [0.1, 0.15) is 11.3 Å². The first-order chi connectivity index (χ1) is 13.0. The highest BCUT2D eigenvalue weighted by atomic mass is 16.5. The standard InChI is InChI=1S/C21H22N2O4/c1-4-5-12-27-18-11-10-14-8-6-7-9-15(14)16(18)13-17-19(24)22(2)21(26)23(3)20(17)25/h6-11,13H,4-5,12H2,1-3H3. The van der Waals surface area contributed by atoms with Crippen molar-refractivity contribution in [3.63, 3.8) is 0 Å². The van der Waals surface area contributed by atoms with E-state index in [-0.39, 0.29) is 5.57 Å². The van der Waals surface area contributed by atoms with Crippen LogP contribution in [0.25, 0.3) is 16.8 Å². The lowest BCUT2D eigenvalue weighted by atomic mass is 9.99. The second-order valence-corrected chi connectivity index (χ2v) is 6.47. The Morgan fingerprint density at radius 1 is 0.963 bits per heavy atom. The Labute approximate surface area is 158 Å². The number of carbonyl (C=O) groups is 3. The lowest BCUT2D eigenvalue weighted by Gasteiger charge is -2.29. The minimum atomic E-state index is -0.639. The maximum atomic E-state index is 12.6. The van der Waals surface area contributed by atoms with Crippen molar-refractivity contribution in [1.29, 1.82) is 0 Å². The zero-order valence-corrected chi connectivity index (χ0v) is 15.7. The predicted molar refractivity (Wildman–Crippen MR) is 103 cm³/mol. The summed E-state index contributed by atoms with van der Waals surface area (Å²) in [6, 6.07) is 10.9. The lowest BCUT2D eigenvalue weighted by molar-refractivity contribution is -0.134. The Morgan fingerprint density at radius 3 is 2.30 bits per heavy atom. The van der Waals surface area contributed by atoms with E-state index < -0.39 is 17.8 Å². The summed E-state index contributed by atoms with van der Waals surface area (Å²) in [5, 5.41) is 1.85. The summed E-state index contributed by atoms with van der Waals surface area (Å²) in [6.45, 7) is 2.62. The van der Waals surface area contributed by atoms with E-state index in [1.54, 1.807) is 0 Å². The third-order valence-corrected chi connectivity index (χ3v) is 4.62. The molecular formula is C21H22N2O4. The van der Waals surface area contributed by atoms with Crippen LogP contribution in [0.5, 0.6) is 5.75 Å². The highest BCUT2D eigenvalue weighted by Gasteiger charge is 2.38. The molecule has 6 heteroatoms. The van der Waals surface area contributed by atoms with Gasteiger partial charge in [-0.15, -0.1) is 0 Å². The van der Waals surface area contributed by atoms with E-state index in [0.717, 1.165) is 33.4 Å². The molecule has 27 heavy (non-hydrogen) atoms. The van der Waals surface area contributed by atoms with Crippen molar-refractivity contribution in [2.75, 3.05) is 20.7 Å². The fourth-order valence-corrected chi connectivity index (χ4v) is 3.00. The number of amides is 4. The first-order valence-corrected chi connectivity index (χ1v) is 8.92. The molecule has 0 radical (unpaired) electrons. The Balaban J connectivity index is 2.15. The molecule has 6 nitrogen and oxygen atoms in total. The number of likely N-dealkylation sites (N-methyl/N-ethyl adjacent to an activating group) is 2. The first kappa shape index (κ1) is 18.6. The minimum absolute atomic E-state index is 0.0590. The van der Waals surface area contributed by atoms with Gasteiger partial charge in [-0.25, -0.2) is 4.79 Å². The van der Waals surface area contributed by atoms with Gasteiger partial charge >= 0.3 is 6.03 Å². The molecule has 0 N–H and O–H groups in total. The molecule has 0 unspecified atom stereocenters. The molecule has 1 saturated heterocycles. The molecule has 2 aromatic rings. The van der Waals surface area contributed by atoms with Gasteiger partial charge in [0.2, 0.25) is 0 Å². The van der Waals surface area contributed by atoms with Crippen molar-refractivity contribution in [3.8, 4) is 5.75 Å². The summed E-state index contributed by atoms with van der Waals surface area (Å²) < 4.78 is 5.91. The third-order valence-electron chi connectivity index (χ3n) is 4.62. The number of hydrogen-bond acceptors (Lipinski definition) is 4. The average Bonchev–Trinajstić information content (AvgIpc) is 2.69. The Hall–Kier alpha value is -3.15. The van der Waals surface area contributed by atoms with Crippen LogP contribution in [0.15, 0.2) is 42.0 Å². The maximum absolute atomic E-state index is 12.6. The number of rotatable bonds is 5. The predicted octanol–water partition coefficient (Wildman–Crippen LogP) is 3.45. The van der Waals surface area contributed by atoms with Crippen LogP contribution >= 0.6 is 0 Å². The van der Waals surface area contributed by atoms with Crippen LogP contribution in [-0.4, -0.2) is 48.3 Å². The number of urea groups is 1. The molecule has 2 aromatic carbocycles. The molecule has 3 rings (SSSR count). The van der Waals surface area contributed by atoms with Crippen molar-refractivity contribution >= 4 is 34.7 Å². The quantitative estimate of drug-likeness (QED) is 0.462. The smallest absolute Gasteiger partial charge is 0.333 e. The number of hydrogen-bond donors (Lipinski definition) is 0. The Kier molecular flexibility index (Phi) is 5.26. The molecule has 4 amide bonds. The molecule has 1 aliphatic rings. The van der Waals surface area contributed by atoms with E-state index in [1.807, 2.05) is 36.4 Å². The summed E-state index contributed by atoms with van der Waals surface area (Å²) in [6.07, 6.45) is 3.44. The molecule has 0 aromatic heterocycles. The molecule has 1 heterocycles. The normalized spacial score (nSPS) is 14.9. The van der Waals surface area contributed by atoms with Crippen LogP contribution in [0.2, 0.25) is 0 Å². The Bertz CT molecular complexity index is 922. The van der Waals surface area contributed by atoms with Crippen molar-refractivity contribution < 1.29 is 19.1 Å². The average molecular weight is 366 g/mol. The van der Waals surface area contributed by atoms with Gasteiger partial charge in [0.25, 0.3) is 11.8 Å². The summed E-state index contributed by atoms with van der Waals surface area (Å²) in [7, 11) is 2.73. The first-order valence-electron chi connectivity index (χ1n) is 8.92. The van der Waals surface area contributed by atoms with Gasteiger partial charge in [-0.05, 0) is 29.3 Å². The molecule has 0 saturated carbocycles. The van der Waals surface area contributed by atoms with Crippen LogP contribution in [0, 0.1) is 0 Å². The highest BCUT2D eigenvalue weighted by Crippen LogP contribution is 2.31. The summed E-state index contributed by atoms with van der Waals surface area (Å²) >= 11 is 0. The van der Waals surface area contributed by atoms with Crippen LogP contribution < -0.4 is 4.74 Å². The third kappa shape index (κ3) is 3.43. The molecule has 0 spiro atoms. The van der Waals surface area contributed by atoms with Crippen molar-refractivity contribution in [3.05, 3.63) is 47.5 Å². The summed E-state index contributed by atoms with van der Waals surface area (Å²) in [4.78, 5) is 38.9. The number of fused-ring (bicyclic) bond motifs is 1. The number of unbranched alkanes of at least 4 members (excludes halogenated alkanes) is 1. The Morgan fingerprint density at radius 2 is 1.63 bits per heavy atom. The van der Waals surface area contributed by atoms with E-state index in [9.17, 15) is 14.4 Å². The molecule has 1 aliphatic heterocycles. The van der Waals surface area contributed by atoms with Crippen molar-refractivity contribution in [2.24, 2.45) is 0 Å². The summed E-state index contributed by atoms with van der Waals surface area (Å²) in [5.74, 6) is -0.622. The number of imide groups is 2.